The van der Waals surface area contributed by atoms with Gasteiger partial charge in [-0.3, -0.25) is 4.98 Å². The number of allylic oxidation sites excluding steroid dienone is 3. The molecule has 0 aliphatic heterocycles. The van der Waals surface area contributed by atoms with E-state index in [9.17, 15) is 0 Å². The van der Waals surface area contributed by atoms with Crippen LogP contribution in [-0.2, 0) is 0 Å². The van der Waals surface area contributed by atoms with Gasteiger partial charge in [-0.2, -0.15) is 0 Å². The second kappa shape index (κ2) is 16.3. The molecule has 1 heterocycles. The Hall–Kier alpha value is -2.61. The molecule has 1 aromatic carbocycles. The molecule has 2 heteroatoms. The maximum Gasteiger partial charge on any atom is 0.0725 e. The molecule has 0 spiro atoms. The van der Waals surface area contributed by atoms with Crippen molar-refractivity contribution < 1.29 is 0 Å². The van der Waals surface area contributed by atoms with E-state index >= 15 is 0 Å². The molecule has 2 aromatic rings. The van der Waals surface area contributed by atoms with E-state index in [1.807, 2.05) is 60.0 Å². The summed E-state index contributed by atoms with van der Waals surface area (Å²) in [5, 5.41) is 0. The highest BCUT2D eigenvalue weighted by Gasteiger charge is 2.03. The van der Waals surface area contributed by atoms with Crippen molar-refractivity contribution in [3.8, 4) is 11.3 Å². The summed E-state index contributed by atoms with van der Waals surface area (Å²) < 4.78 is 0. The highest BCUT2D eigenvalue weighted by atomic mass is 15.1. The van der Waals surface area contributed by atoms with Crippen molar-refractivity contribution >= 4 is 5.69 Å². The second-order valence-corrected chi connectivity index (χ2v) is 4.99. The first-order chi connectivity index (χ1) is 12.0. The Balaban J connectivity index is 0. The van der Waals surface area contributed by atoms with Gasteiger partial charge in [0.15, 0.2) is 0 Å². The Morgan fingerprint density at radius 3 is 1.80 bits per heavy atom. The van der Waals surface area contributed by atoms with Gasteiger partial charge in [0.1, 0.15) is 0 Å². The summed E-state index contributed by atoms with van der Waals surface area (Å²) in [7, 11) is 4.09. The topological polar surface area (TPSA) is 16.1 Å². The maximum atomic E-state index is 4.56. The predicted molar refractivity (Wildman–Crippen MR) is 116 cm³/mol. The number of benzene rings is 1. The molecule has 0 bridgehead atoms. The van der Waals surface area contributed by atoms with Crippen molar-refractivity contribution in [3.05, 3.63) is 86.1 Å². The summed E-state index contributed by atoms with van der Waals surface area (Å²) in [6.07, 6.45) is 5.03. The van der Waals surface area contributed by atoms with Gasteiger partial charge >= 0.3 is 0 Å². The fraction of sp³-hybridized carbons (Fsp3) is 0.261. The Labute approximate surface area is 155 Å². The number of pyridine rings is 1. The van der Waals surface area contributed by atoms with Gasteiger partial charge in [0, 0.05) is 31.0 Å². The second-order valence-electron chi connectivity index (χ2n) is 4.99. The number of rotatable bonds is 3. The SMILES string of the molecule is C=CC.C=CC=C.CC.Cc1cc(N(C)C)cc(-c2ccccc2)n1. The first-order valence-corrected chi connectivity index (χ1v) is 8.52. The Kier molecular flexibility index (Phi) is 16.0. The van der Waals surface area contributed by atoms with Gasteiger partial charge in [-0.25, -0.2) is 0 Å². The van der Waals surface area contributed by atoms with E-state index in [0.717, 1.165) is 17.0 Å². The normalized spacial score (nSPS) is 8.08. The zero-order valence-electron chi connectivity index (χ0n) is 16.8. The van der Waals surface area contributed by atoms with Crippen molar-refractivity contribution in [2.45, 2.75) is 27.7 Å². The third-order valence-electron chi connectivity index (χ3n) is 2.69. The highest BCUT2D eigenvalue weighted by Crippen LogP contribution is 2.22. The maximum absolute atomic E-state index is 4.56. The molecule has 25 heavy (non-hydrogen) atoms. The van der Waals surface area contributed by atoms with E-state index in [-0.39, 0.29) is 0 Å². The molecule has 0 atom stereocenters. The lowest BCUT2D eigenvalue weighted by Crippen LogP contribution is -2.09. The average Bonchev–Trinajstić information content (AvgIpc) is 2.64. The van der Waals surface area contributed by atoms with Crippen LogP contribution in [0.15, 0.2) is 80.4 Å². The molecule has 0 aliphatic rings. The van der Waals surface area contributed by atoms with Crippen molar-refractivity contribution in [1.29, 1.82) is 0 Å². The molecule has 0 radical (unpaired) electrons. The van der Waals surface area contributed by atoms with Crippen LogP contribution in [-0.4, -0.2) is 19.1 Å². The zero-order chi connectivity index (χ0) is 19.7. The number of aromatic nitrogens is 1. The number of nitrogens with zero attached hydrogens (tertiary/aromatic N) is 2. The minimum atomic E-state index is 1.03. The van der Waals surface area contributed by atoms with Crippen LogP contribution in [0.5, 0.6) is 0 Å². The lowest BCUT2D eigenvalue weighted by molar-refractivity contribution is 1.10. The Bertz CT molecular complexity index is 593. The Morgan fingerprint density at radius 1 is 0.920 bits per heavy atom. The van der Waals surface area contributed by atoms with Gasteiger partial charge in [-0.05, 0) is 26.0 Å². The molecule has 136 valence electrons. The van der Waals surface area contributed by atoms with Gasteiger partial charge in [0.25, 0.3) is 0 Å². The molecule has 0 N–H and O–H groups in total. The summed E-state index contributed by atoms with van der Waals surface area (Å²) in [5.74, 6) is 0. The van der Waals surface area contributed by atoms with E-state index in [1.54, 1.807) is 18.2 Å². The van der Waals surface area contributed by atoms with Crippen LogP contribution in [0.4, 0.5) is 5.69 Å². The van der Waals surface area contributed by atoms with Gasteiger partial charge in [0.05, 0.1) is 5.69 Å². The van der Waals surface area contributed by atoms with Crippen LogP contribution in [0, 0.1) is 6.92 Å². The van der Waals surface area contributed by atoms with Crippen molar-refractivity contribution in [2.75, 3.05) is 19.0 Å². The molecule has 0 saturated carbocycles. The molecule has 0 saturated heterocycles. The summed E-state index contributed by atoms with van der Waals surface area (Å²) in [4.78, 5) is 6.66. The zero-order valence-corrected chi connectivity index (χ0v) is 16.8. The third-order valence-corrected chi connectivity index (χ3v) is 2.69. The summed E-state index contributed by atoms with van der Waals surface area (Å²) in [5.41, 5.74) is 4.43. The molecule has 0 amide bonds. The van der Waals surface area contributed by atoms with Crippen molar-refractivity contribution in [1.82, 2.24) is 4.98 Å². The lowest BCUT2D eigenvalue weighted by atomic mass is 10.1. The van der Waals surface area contributed by atoms with Gasteiger partial charge in [-0.15, -0.1) is 6.58 Å². The average molecular weight is 339 g/mol. The van der Waals surface area contributed by atoms with Crippen LogP contribution in [0.3, 0.4) is 0 Å². The molecular formula is C23H34N2. The first kappa shape index (κ1) is 24.6. The molecule has 2 rings (SSSR count). The van der Waals surface area contributed by atoms with Gasteiger partial charge in [-0.1, -0.05) is 75.6 Å². The van der Waals surface area contributed by atoms with Crippen LogP contribution in [0.1, 0.15) is 26.5 Å². The van der Waals surface area contributed by atoms with E-state index in [2.05, 4.69) is 53.9 Å². The summed E-state index contributed by atoms with van der Waals surface area (Å²) >= 11 is 0. The summed E-state index contributed by atoms with van der Waals surface area (Å²) in [6.45, 7) is 18.0. The van der Waals surface area contributed by atoms with Crippen LogP contribution >= 0.6 is 0 Å². The number of aryl methyl sites for hydroxylation is 1. The molecule has 0 aliphatic carbocycles. The van der Waals surface area contributed by atoms with Gasteiger partial charge in [0.2, 0.25) is 0 Å². The van der Waals surface area contributed by atoms with Gasteiger partial charge < -0.3 is 4.90 Å². The van der Waals surface area contributed by atoms with Crippen LogP contribution in [0.2, 0.25) is 0 Å². The van der Waals surface area contributed by atoms with Crippen LogP contribution < -0.4 is 4.90 Å². The van der Waals surface area contributed by atoms with Crippen molar-refractivity contribution in [3.63, 3.8) is 0 Å². The quantitative estimate of drug-likeness (QED) is 0.457. The van der Waals surface area contributed by atoms with E-state index in [0.29, 0.717) is 0 Å². The van der Waals surface area contributed by atoms with Crippen molar-refractivity contribution in [2.24, 2.45) is 0 Å². The standard InChI is InChI=1S/C14H16N2.C4H6.C3H6.C2H6/c1-11-9-13(16(2)3)10-14(15-11)12-7-5-4-6-8-12;1-3-4-2;1-3-2;1-2/h4-10H,1-3H3;3-4H,1-2H2;3H,1H2,2H3;1-2H3. The van der Waals surface area contributed by atoms with Crippen LogP contribution in [0.25, 0.3) is 11.3 Å². The monoisotopic (exact) mass is 338 g/mol. The molecule has 2 nitrogen and oxygen atoms in total. The van der Waals surface area contributed by atoms with E-state index in [1.165, 1.54) is 5.69 Å². The number of anilines is 1. The predicted octanol–water partition coefficient (Wildman–Crippen LogP) is 6.70. The summed E-state index contributed by atoms with van der Waals surface area (Å²) in [6, 6.07) is 14.5. The third kappa shape index (κ3) is 11.5. The fourth-order valence-corrected chi connectivity index (χ4v) is 1.67. The first-order valence-electron chi connectivity index (χ1n) is 8.52. The van der Waals surface area contributed by atoms with E-state index in [4.69, 9.17) is 0 Å². The molecular weight excluding hydrogens is 304 g/mol. The fourth-order valence-electron chi connectivity index (χ4n) is 1.67. The number of hydrogen-bond donors (Lipinski definition) is 0. The largest absolute Gasteiger partial charge is 0.378 e. The lowest BCUT2D eigenvalue weighted by Gasteiger charge is -2.14. The highest BCUT2D eigenvalue weighted by molar-refractivity contribution is 5.64. The molecule has 1 aromatic heterocycles. The smallest absolute Gasteiger partial charge is 0.0725 e. The minimum absolute atomic E-state index is 1.03. The van der Waals surface area contributed by atoms with E-state index < -0.39 is 0 Å². The Morgan fingerprint density at radius 2 is 1.40 bits per heavy atom. The molecule has 0 unspecified atom stereocenters. The minimum Gasteiger partial charge on any atom is -0.378 e. The molecule has 0 fully saturated rings. The number of hydrogen-bond acceptors (Lipinski definition) is 2.